The van der Waals surface area contributed by atoms with Crippen molar-refractivity contribution in [2.75, 3.05) is 9.80 Å². The second-order valence-electron chi connectivity index (χ2n) is 33.2. The van der Waals surface area contributed by atoms with Gasteiger partial charge in [-0.25, -0.2) is 8.78 Å². The lowest BCUT2D eigenvalue weighted by molar-refractivity contribution is 0.306. The minimum absolute atomic E-state index is 0.268. The summed E-state index contributed by atoms with van der Waals surface area (Å²) < 4.78 is 43.2. The van der Waals surface area contributed by atoms with Gasteiger partial charge in [0.15, 0.2) is 0 Å². The van der Waals surface area contributed by atoms with Gasteiger partial charge in [-0.15, -0.1) is 0 Å². The molecule has 0 aliphatic heterocycles. The van der Waals surface area contributed by atoms with E-state index < -0.39 is 10.8 Å². The second kappa shape index (κ2) is 33.4. The number of aryl methyl sites for hydroxylation is 4. The molecule has 18 aromatic rings. The molecule has 606 valence electrons. The highest BCUT2D eigenvalue weighted by molar-refractivity contribution is 5.92. The van der Waals surface area contributed by atoms with Gasteiger partial charge in [0, 0.05) is 39.7 Å². The van der Waals surface area contributed by atoms with Gasteiger partial charge in [-0.05, 0) is 305 Å². The van der Waals surface area contributed by atoms with Crippen LogP contribution in [0.15, 0.2) is 426 Å². The van der Waals surface area contributed by atoms with E-state index in [1.807, 2.05) is 42.5 Å². The standard InChI is InChI=1S/C120H90F2N2O2/c1-7-83-28-32-85(33-29-83)77-125-105-66-50-96(51-67-105)119(114-72-79(3)24-26-81(114)5)112-21-12-9-19-108(112)110-70-48-94(75-116(110)119)90-42-60-102(61-43-90)123(101-58-40-89(41-59-101)93-16-15-17-98(121)74-93)99-54-36-87(37-55-99)88-38-56-100(57-39-88)124(104-64-46-92(47-65-104)107-18-11-14-23-118(107)122)103-62-44-91(45-63-103)95-49-71-111-109-20-10-13-22-113(109)120(117(111)76-95,115-73-80(4)25-27-82(115)6)97-52-68-106(69-53-97)126-78-86-34-30-84(8-2)31-35-86/h7-76H,1-2,77-78H2,3-6H3. The van der Waals surface area contributed by atoms with Crippen LogP contribution in [-0.4, -0.2) is 0 Å². The van der Waals surface area contributed by atoms with Crippen LogP contribution in [0.5, 0.6) is 11.5 Å². The molecule has 126 heavy (non-hydrogen) atoms. The molecule has 0 radical (unpaired) electrons. The fraction of sp³-hybridized carbons (Fsp3) is 0.0667. The van der Waals surface area contributed by atoms with Crippen LogP contribution in [0, 0.1) is 39.3 Å². The predicted octanol–water partition coefficient (Wildman–Crippen LogP) is 31.6. The number of rotatable bonds is 23. The van der Waals surface area contributed by atoms with Gasteiger partial charge >= 0.3 is 0 Å². The Balaban J connectivity index is 0.624. The van der Waals surface area contributed by atoms with E-state index >= 15 is 4.39 Å². The summed E-state index contributed by atoms with van der Waals surface area (Å²) in [5.41, 5.74) is 37.7. The maximum atomic E-state index is 15.5. The van der Waals surface area contributed by atoms with Crippen LogP contribution in [0.2, 0.25) is 0 Å². The molecule has 0 amide bonds. The van der Waals surface area contributed by atoms with Crippen LogP contribution in [0.25, 0.3) is 90.0 Å². The topological polar surface area (TPSA) is 24.9 Å². The Bertz CT molecular complexity index is 7120. The third kappa shape index (κ3) is 14.6. The number of fused-ring (bicyclic) bond motifs is 6. The molecule has 0 heterocycles. The summed E-state index contributed by atoms with van der Waals surface area (Å²) in [5, 5.41) is 0. The molecule has 4 nitrogen and oxygen atoms in total. The Morgan fingerprint density at radius 3 is 0.952 bits per heavy atom. The van der Waals surface area contributed by atoms with E-state index in [1.165, 1.54) is 90.0 Å². The van der Waals surface area contributed by atoms with Gasteiger partial charge in [-0.1, -0.05) is 322 Å². The van der Waals surface area contributed by atoms with Crippen LogP contribution in [0.4, 0.5) is 42.9 Å². The summed E-state index contributed by atoms with van der Waals surface area (Å²) >= 11 is 0. The van der Waals surface area contributed by atoms with Gasteiger partial charge in [0.2, 0.25) is 0 Å². The number of hydrogen-bond acceptors (Lipinski definition) is 4. The van der Waals surface area contributed by atoms with E-state index in [2.05, 4.69) is 403 Å². The Morgan fingerprint density at radius 1 is 0.262 bits per heavy atom. The van der Waals surface area contributed by atoms with E-state index in [9.17, 15) is 4.39 Å². The highest BCUT2D eigenvalue weighted by atomic mass is 19.1. The molecule has 0 saturated carbocycles. The average Bonchev–Trinajstić information content (AvgIpc) is 1.53. The first-order chi connectivity index (χ1) is 61.7. The Morgan fingerprint density at radius 2 is 0.587 bits per heavy atom. The first kappa shape index (κ1) is 79.0. The minimum atomic E-state index is -0.654. The quantitative estimate of drug-likeness (QED) is 0.0637. The Labute approximate surface area is 736 Å². The molecule has 0 saturated heterocycles. The number of nitrogens with zero attached hydrogens (tertiary/aromatic N) is 2. The molecule has 2 aliphatic carbocycles. The third-order valence-electron chi connectivity index (χ3n) is 25.6. The summed E-state index contributed by atoms with van der Waals surface area (Å²) in [6.07, 6.45) is 3.71. The normalized spacial score (nSPS) is 14.0. The van der Waals surface area contributed by atoms with E-state index in [-0.39, 0.29) is 11.6 Å². The van der Waals surface area contributed by atoms with Crippen molar-refractivity contribution in [2.24, 2.45) is 0 Å². The predicted molar refractivity (Wildman–Crippen MR) is 518 cm³/mol. The fourth-order valence-corrected chi connectivity index (χ4v) is 19.2. The van der Waals surface area contributed by atoms with Crippen molar-refractivity contribution in [1.29, 1.82) is 0 Å². The van der Waals surface area contributed by atoms with Crippen molar-refractivity contribution in [1.82, 2.24) is 0 Å². The van der Waals surface area contributed by atoms with Crippen LogP contribution >= 0.6 is 0 Å². The molecule has 0 spiro atoms. The van der Waals surface area contributed by atoms with Gasteiger partial charge in [-0.3, -0.25) is 0 Å². The summed E-state index contributed by atoms with van der Waals surface area (Å²) in [6, 6.07) is 145. The maximum Gasteiger partial charge on any atom is 0.131 e. The number of benzene rings is 18. The maximum absolute atomic E-state index is 15.5. The molecule has 0 fully saturated rings. The molecular formula is C120H90F2N2O2. The van der Waals surface area contributed by atoms with Crippen molar-refractivity contribution in [3.8, 4) is 89.4 Å². The zero-order valence-electron chi connectivity index (χ0n) is 70.7. The monoisotopic (exact) mass is 1630 g/mol. The molecule has 2 aliphatic rings. The third-order valence-corrected chi connectivity index (χ3v) is 25.6. The first-order valence-corrected chi connectivity index (χ1v) is 43.0. The summed E-state index contributed by atoms with van der Waals surface area (Å²) in [6.45, 7) is 17.6. The van der Waals surface area contributed by atoms with E-state index in [0.717, 1.165) is 129 Å². The largest absolute Gasteiger partial charge is 0.489 e. The van der Waals surface area contributed by atoms with Crippen molar-refractivity contribution in [2.45, 2.75) is 51.7 Å². The molecule has 2 unspecified atom stereocenters. The Hall–Kier alpha value is -15.5. The van der Waals surface area contributed by atoms with Gasteiger partial charge in [-0.2, -0.15) is 0 Å². The zero-order valence-corrected chi connectivity index (χ0v) is 70.7. The zero-order chi connectivity index (χ0) is 85.6. The number of halogens is 2. The van der Waals surface area contributed by atoms with E-state index in [1.54, 1.807) is 18.2 Å². The molecule has 6 heteroatoms. The van der Waals surface area contributed by atoms with Crippen molar-refractivity contribution in [3.63, 3.8) is 0 Å². The lowest BCUT2D eigenvalue weighted by Crippen LogP contribution is -2.29. The van der Waals surface area contributed by atoms with Gasteiger partial charge in [0.05, 0.1) is 10.8 Å². The van der Waals surface area contributed by atoms with Crippen LogP contribution < -0.4 is 19.3 Å². The SMILES string of the molecule is C=Cc1ccc(COc2ccc(C3(c4cc(C)ccc4C)c4ccccc4-c4ccc(-c5ccc(N(c6ccc(-c7ccc(N(c8ccc(-c9ccc%10c(c9)C(c9ccc(OCc%11ccc(C=C)cc%11)cc9)(c9cc(C)ccc9C)c9ccccc9-%10)cc8)c8ccc(-c9ccccc9F)cc8)cc7)cc6)c6ccc(-c7cccc(F)c7)cc6)cc5)cc43)cc2)cc1. The van der Waals surface area contributed by atoms with E-state index in [0.29, 0.717) is 18.8 Å². The minimum Gasteiger partial charge on any atom is -0.489 e. The molecule has 20 rings (SSSR count). The number of ether oxygens (including phenoxy) is 2. The van der Waals surface area contributed by atoms with Crippen molar-refractivity contribution >= 4 is 46.3 Å². The van der Waals surface area contributed by atoms with Crippen molar-refractivity contribution in [3.05, 3.63) is 526 Å². The van der Waals surface area contributed by atoms with Crippen LogP contribution in [-0.2, 0) is 24.0 Å². The smallest absolute Gasteiger partial charge is 0.131 e. The number of anilines is 6. The summed E-state index contributed by atoms with van der Waals surface area (Å²) in [7, 11) is 0. The summed E-state index contributed by atoms with van der Waals surface area (Å²) in [5.74, 6) is 1.06. The molecular weight excluding hydrogens is 1540 g/mol. The van der Waals surface area contributed by atoms with Gasteiger partial charge in [0.1, 0.15) is 36.3 Å². The average molecular weight is 1630 g/mol. The fourth-order valence-electron chi connectivity index (χ4n) is 19.2. The molecule has 0 aromatic heterocycles. The molecule has 2 atom stereocenters. The number of hydrogen-bond donors (Lipinski definition) is 0. The Kier molecular flexibility index (Phi) is 20.9. The lowest BCUT2D eigenvalue weighted by atomic mass is 9.66. The van der Waals surface area contributed by atoms with Gasteiger partial charge in [0.25, 0.3) is 0 Å². The van der Waals surface area contributed by atoms with E-state index in [4.69, 9.17) is 9.47 Å². The van der Waals surface area contributed by atoms with Crippen LogP contribution in [0.3, 0.4) is 0 Å². The highest BCUT2D eigenvalue weighted by Crippen LogP contribution is 2.60. The van der Waals surface area contributed by atoms with Gasteiger partial charge < -0.3 is 19.3 Å². The lowest BCUT2D eigenvalue weighted by Gasteiger charge is -2.35. The van der Waals surface area contributed by atoms with Crippen molar-refractivity contribution < 1.29 is 18.3 Å². The van der Waals surface area contributed by atoms with Crippen LogP contribution in [0.1, 0.15) is 89.0 Å². The second-order valence-corrected chi connectivity index (χ2v) is 33.2. The first-order valence-electron chi connectivity index (χ1n) is 43.0. The summed E-state index contributed by atoms with van der Waals surface area (Å²) in [4.78, 5) is 4.56. The molecule has 0 N–H and O–H groups in total. The highest BCUT2D eigenvalue weighted by Gasteiger charge is 2.49. The molecule has 18 aromatic carbocycles. The molecule has 0 bridgehead atoms.